The number of hydrogen-bond donors (Lipinski definition) is 1. The number of nitrogens with zero attached hydrogens (tertiary/aromatic N) is 2. The number of methoxy groups -OCH3 is 2. The number of para-hydroxylation sites is 1. The molecule has 0 spiro atoms. The van der Waals surface area contributed by atoms with Crippen LogP contribution < -0.4 is 5.32 Å². The second kappa shape index (κ2) is 9.46. The standard InChI is InChI=1S/C23H23N3O5S/c1-30-22(28)14-9-10-15(23(29)31-2)17(12-14)24-20(27)13-26-11-5-7-18(26)21-25-16-6-3-4-8-19(16)32-21/h3-4,6,8-10,12,18H,5,7,11,13H2,1-2H3,(H,24,27). The first kappa shape index (κ1) is 21.9. The molecule has 1 saturated heterocycles. The van der Waals surface area contributed by atoms with Crippen molar-refractivity contribution in [3.63, 3.8) is 0 Å². The number of hydrogen-bond acceptors (Lipinski definition) is 8. The molecule has 0 radical (unpaired) electrons. The van der Waals surface area contributed by atoms with Crippen LogP contribution in [0.1, 0.15) is 44.6 Å². The third-order valence-corrected chi connectivity index (χ3v) is 6.56. The van der Waals surface area contributed by atoms with Gasteiger partial charge in [-0.3, -0.25) is 9.69 Å². The lowest BCUT2D eigenvalue weighted by molar-refractivity contribution is -0.117. The van der Waals surface area contributed by atoms with Crippen LogP contribution in [-0.2, 0) is 14.3 Å². The van der Waals surface area contributed by atoms with E-state index in [9.17, 15) is 14.4 Å². The Morgan fingerprint density at radius 3 is 2.66 bits per heavy atom. The number of aromatic nitrogens is 1. The maximum absolute atomic E-state index is 12.9. The third kappa shape index (κ3) is 4.49. The van der Waals surface area contributed by atoms with E-state index in [4.69, 9.17) is 14.5 Å². The molecule has 3 aromatic rings. The molecule has 1 amide bonds. The van der Waals surface area contributed by atoms with E-state index < -0.39 is 11.9 Å². The Bertz CT molecular complexity index is 1140. The lowest BCUT2D eigenvalue weighted by atomic mass is 10.1. The molecule has 0 aliphatic carbocycles. The molecule has 8 nitrogen and oxygen atoms in total. The molecule has 0 bridgehead atoms. The number of anilines is 1. The van der Waals surface area contributed by atoms with Gasteiger partial charge < -0.3 is 14.8 Å². The highest BCUT2D eigenvalue weighted by atomic mass is 32.1. The van der Waals surface area contributed by atoms with Crippen LogP contribution in [0.3, 0.4) is 0 Å². The van der Waals surface area contributed by atoms with Crippen molar-refractivity contribution < 1.29 is 23.9 Å². The summed E-state index contributed by atoms with van der Waals surface area (Å²) in [6, 6.07) is 12.4. The Labute approximate surface area is 189 Å². The first-order valence-corrected chi connectivity index (χ1v) is 11.0. The molecule has 1 atom stereocenters. The molecule has 1 fully saturated rings. The van der Waals surface area contributed by atoms with Crippen molar-refractivity contribution in [2.75, 3.05) is 32.6 Å². The predicted molar refractivity (Wildman–Crippen MR) is 121 cm³/mol. The molecule has 2 aromatic carbocycles. The largest absolute Gasteiger partial charge is 0.465 e. The van der Waals surface area contributed by atoms with E-state index in [-0.39, 0.29) is 35.3 Å². The van der Waals surface area contributed by atoms with Gasteiger partial charge in [-0.2, -0.15) is 0 Å². The van der Waals surface area contributed by atoms with E-state index >= 15 is 0 Å². The summed E-state index contributed by atoms with van der Waals surface area (Å²) < 4.78 is 10.7. The number of carbonyl (C=O) groups excluding carboxylic acids is 3. The minimum atomic E-state index is -0.606. The Hall–Kier alpha value is -3.30. The fourth-order valence-corrected chi connectivity index (χ4v) is 5.02. The van der Waals surface area contributed by atoms with Crippen molar-refractivity contribution >= 4 is 45.1 Å². The number of benzene rings is 2. The van der Waals surface area contributed by atoms with Gasteiger partial charge in [-0.1, -0.05) is 12.1 Å². The minimum Gasteiger partial charge on any atom is -0.465 e. The van der Waals surface area contributed by atoms with Gasteiger partial charge in [0.2, 0.25) is 5.91 Å². The van der Waals surface area contributed by atoms with Gasteiger partial charge in [0, 0.05) is 0 Å². The van der Waals surface area contributed by atoms with Crippen LogP contribution in [0.25, 0.3) is 10.2 Å². The number of carbonyl (C=O) groups is 3. The highest BCUT2D eigenvalue weighted by Crippen LogP contribution is 2.36. The van der Waals surface area contributed by atoms with Crippen LogP contribution in [0.15, 0.2) is 42.5 Å². The number of fused-ring (bicyclic) bond motifs is 1. The summed E-state index contributed by atoms with van der Waals surface area (Å²) in [7, 11) is 2.53. The minimum absolute atomic E-state index is 0.0691. The zero-order valence-electron chi connectivity index (χ0n) is 17.8. The molecule has 0 saturated carbocycles. The molecule has 1 unspecified atom stereocenters. The number of likely N-dealkylation sites (tertiary alicyclic amines) is 1. The molecule has 4 rings (SSSR count). The molecule has 166 valence electrons. The summed E-state index contributed by atoms with van der Waals surface area (Å²) in [5, 5.41) is 3.76. The van der Waals surface area contributed by atoms with Crippen LogP contribution in [0.2, 0.25) is 0 Å². The van der Waals surface area contributed by atoms with Gasteiger partial charge in [0.1, 0.15) is 5.01 Å². The summed E-state index contributed by atoms with van der Waals surface area (Å²) in [5.41, 5.74) is 1.56. The molecule has 32 heavy (non-hydrogen) atoms. The smallest absolute Gasteiger partial charge is 0.339 e. The van der Waals surface area contributed by atoms with Crippen molar-refractivity contribution in [3.05, 3.63) is 58.6 Å². The fourth-order valence-electron chi connectivity index (χ4n) is 3.88. The van der Waals surface area contributed by atoms with Crippen LogP contribution in [0.4, 0.5) is 5.69 Å². The number of thiazole rings is 1. The van der Waals surface area contributed by atoms with Crippen molar-refractivity contribution in [1.29, 1.82) is 0 Å². The maximum Gasteiger partial charge on any atom is 0.339 e. The van der Waals surface area contributed by atoms with Crippen LogP contribution >= 0.6 is 11.3 Å². The van der Waals surface area contributed by atoms with Crippen molar-refractivity contribution in [2.24, 2.45) is 0 Å². The fraction of sp³-hybridized carbons (Fsp3) is 0.304. The van der Waals surface area contributed by atoms with Gasteiger partial charge in [-0.05, 0) is 49.7 Å². The van der Waals surface area contributed by atoms with E-state index in [1.807, 2.05) is 24.3 Å². The van der Waals surface area contributed by atoms with Crippen molar-refractivity contribution in [1.82, 2.24) is 9.88 Å². The first-order chi connectivity index (χ1) is 15.5. The van der Waals surface area contributed by atoms with Gasteiger partial charge >= 0.3 is 11.9 Å². The number of amides is 1. The number of nitrogens with one attached hydrogen (secondary N) is 1. The number of rotatable bonds is 6. The highest BCUT2D eigenvalue weighted by molar-refractivity contribution is 7.18. The van der Waals surface area contributed by atoms with E-state index in [1.165, 1.54) is 32.4 Å². The monoisotopic (exact) mass is 453 g/mol. The lowest BCUT2D eigenvalue weighted by Gasteiger charge is -2.22. The summed E-state index contributed by atoms with van der Waals surface area (Å²) in [6.07, 6.45) is 1.90. The van der Waals surface area contributed by atoms with E-state index in [1.54, 1.807) is 11.3 Å². The van der Waals surface area contributed by atoms with E-state index in [0.29, 0.717) is 0 Å². The quantitative estimate of drug-likeness (QED) is 0.569. The van der Waals surface area contributed by atoms with Crippen LogP contribution in [0.5, 0.6) is 0 Å². The van der Waals surface area contributed by atoms with Crippen molar-refractivity contribution in [3.8, 4) is 0 Å². The summed E-state index contributed by atoms with van der Waals surface area (Å²) in [5.74, 6) is -1.46. The van der Waals surface area contributed by atoms with Gasteiger partial charge in [-0.25, -0.2) is 14.6 Å². The zero-order chi connectivity index (χ0) is 22.7. The Kier molecular flexibility index (Phi) is 6.48. The van der Waals surface area contributed by atoms with E-state index in [0.717, 1.165) is 34.6 Å². The Morgan fingerprint density at radius 1 is 1.12 bits per heavy atom. The molecular weight excluding hydrogens is 430 g/mol. The van der Waals surface area contributed by atoms with Gasteiger partial charge in [-0.15, -0.1) is 11.3 Å². The summed E-state index contributed by atoms with van der Waals surface area (Å²) >= 11 is 1.65. The average molecular weight is 454 g/mol. The van der Waals surface area contributed by atoms with Crippen LogP contribution in [0, 0.1) is 0 Å². The number of ether oxygens (including phenoxy) is 2. The second-order valence-electron chi connectivity index (χ2n) is 7.44. The lowest BCUT2D eigenvalue weighted by Crippen LogP contribution is -2.33. The van der Waals surface area contributed by atoms with Gasteiger partial charge in [0.25, 0.3) is 0 Å². The third-order valence-electron chi connectivity index (χ3n) is 5.43. The predicted octanol–water partition coefficient (Wildman–Crippen LogP) is 3.65. The molecular formula is C23H23N3O5S. The molecule has 9 heteroatoms. The molecule has 1 N–H and O–H groups in total. The van der Waals surface area contributed by atoms with Gasteiger partial charge in [0.15, 0.2) is 0 Å². The van der Waals surface area contributed by atoms with Crippen LogP contribution in [-0.4, -0.2) is 55.0 Å². The number of esters is 2. The highest BCUT2D eigenvalue weighted by Gasteiger charge is 2.30. The normalized spacial score (nSPS) is 16.1. The maximum atomic E-state index is 12.9. The molecule has 1 aliphatic rings. The second-order valence-corrected chi connectivity index (χ2v) is 8.50. The average Bonchev–Trinajstić information content (AvgIpc) is 3.44. The molecule has 1 aromatic heterocycles. The first-order valence-electron chi connectivity index (χ1n) is 10.2. The topological polar surface area (TPSA) is 97.8 Å². The zero-order valence-corrected chi connectivity index (χ0v) is 18.6. The SMILES string of the molecule is COC(=O)c1ccc(C(=O)OC)c(NC(=O)CN2CCCC2c2nc3ccccc3s2)c1. The van der Waals surface area contributed by atoms with Gasteiger partial charge in [0.05, 0.1) is 53.8 Å². The Morgan fingerprint density at radius 2 is 1.91 bits per heavy atom. The molecule has 2 heterocycles. The molecule has 1 aliphatic heterocycles. The van der Waals surface area contributed by atoms with Crippen molar-refractivity contribution in [2.45, 2.75) is 18.9 Å². The van der Waals surface area contributed by atoms with E-state index in [2.05, 4.69) is 10.2 Å². The summed E-state index contributed by atoms with van der Waals surface area (Å²) in [4.78, 5) is 43.8. The Balaban J connectivity index is 1.52. The summed E-state index contributed by atoms with van der Waals surface area (Å²) in [6.45, 7) is 0.920.